The number of halogens is 1. The maximum atomic E-state index is 16.3. The van der Waals surface area contributed by atoms with E-state index in [-0.39, 0.29) is 11.4 Å². The largest absolute Gasteiger partial charge is 0.462 e. The lowest BCUT2D eigenvalue weighted by Crippen LogP contribution is -2.48. The summed E-state index contributed by atoms with van der Waals surface area (Å²) in [4.78, 5) is 16.5. The first kappa shape index (κ1) is 29.6. The number of esters is 1. The van der Waals surface area contributed by atoms with Crippen LogP contribution in [0.4, 0.5) is 4.39 Å². The molecule has 0 aliphatic carbocycles. The van der Waals surface area contributed by atoms with Gasteiger partial charge in [0.05, 0.1) is 29.6 Å². The lowest BCUT2D eigenvalue weighted by molar-refractivity contribution is -0.149. The van der Waals surface area contributed by atoms with Crippen LogP contribution in [0.3, 0.4) is 0 Å². The van der Waals surface area contributed by atoms with Crippen LogP contribution in [0, 0.1) is 18.3 Å². The van der Waals surface area contributed by atoms with Gasteiger partial charge in [-0.1, -0.05) is 18.2 Å². The van der Waals surface area contributed by atoms with Crippen LogP contribution in [0.5, 0.6) is 5.75 Å². The van der Waals surface area contributed by atoms with E-state index in [1.807, 2.05) is 6.07 Å². The van der Waals surface area contributed by atoms with Gasteiger partial charge in [-0.3, -0.25) is 9.32 Å². The van der Waals surface area contributed by atoms with Crippen molar-refractivity contribution in [3.8, 4) is 11.8 Å². The van der Waals surface area contributed by atoms with E-state index in [0.717, 1.165) is 6.92 Å². The van der Waals surface area contributed by atoms with Gasteiger partial charge in [-0.25, -0.2) is 18.5 Å². The van der Waals surface area contributed by atoms with Gasteiger partial charge in [0.1, 0.15) is 36.4 Å². The van der Waals surface area contributed by atoms with E-state index >= 15 is 4.39 Å². The summed E-state index contributed by atoms with van der Waals surface area (Å²) in [5.74, 6) is -0.545. The summed E-state index contributed by atoms with van der Waals surface area (Å²) in [6, 6.07) is 11.9. The molecule has 2 aromatic heterocycles. The molecule has 1 aliphatic rings. The first-order chi connectivity index (χ1) is 18.8. The van der Waals surface area contributed by atoms with Crippen molar-refractivity contribution in [3.05, 3.63) is 60.2 Å². The number of carbonyl (C=O) groups excluding carboxylic acids is 1. The standard InChI is InChI=1S/C26H31FN5O7P/c1-16(2)37-24(34)18(4)31-40(35,39-19-9-7-6-8-10-19)36-13-21-23(33)25(5,27)26(14-28,38-21)22-12-11-20-17(3)29-15-30-32(20)22/h6-12,15-16,18,21,23,33H,13H2,1-5H3,(H,31,35)/t18-,21+,23+,25+,26-,40?/m0/s1. The van der Waals surface area contributed by atoms with Crippen molar-refractivity contribution in [2.75, 3.05) is 6.61 Å². The van der Waals surface area contributed by atoms with Gasteiger partial charge in [0, 0.05) is 0 Å². The summed E-state index contributed by atoms with van der Waals surface area (Å²) in [5.41, 5.74) is -3.81. The number of alkyl halides is 1. The van der Waals surface area contributed by atoms with Crippen molar-refractivity contribution in [1.29, 1.82) is 5.26 Å². The molecule has 0 radical (unpaired) electrons. The fourth-order valence-electron chi connectivity index (χ4n) is 4.42. The van der Waals surface area contributed by atoms with Crippen LogP contribution in [-0.4, -0.2) is 62.3 Å². The molecule has 1 saturated heterocycles. The van der Waals surface area contributed by atoms with Crippen molar-refractivity contribution in [2.24, 2.45) is 0 Å². The Balaban J connectivity index is 1.61. The van der Waals surface area contributed by atoms with E-state index in [0.29, 0.717) is 11.2 Å². The third-order valence-electron chi connectivity index (χ3n) is 6.52. The van der Waals surface area contributed by atoms with Crippen LogP contribution in [0.2, 0.25) is 0 Å². The number of nitrogens with zero attached hydrogens (tertiary/aromatic N) is 4. The zero-order chi connectivity index (χ0) is 29.3. The molecule has 1 fully saturated rings. The summed E-state index contributed by atoms with van der Waals surface area (Å²) in [6.07, 6.45) is -2.51. The van der Waals surface area contributed by atoms with Gasteiger partial charge in [0.2, 0.25) is 5.60 Å². The van der Waals surface area contributed by atoms with Crippen molar-refractivity contribution in [2.45, 2.75) is 70.2 Å². The minimum absolute atomic E-state index is 0.0361. The molecule has 4 rings (SSSR count). The lowest BCUT2D eigenvalue weighted by atomic mass is 9.82. The maximum absolute atomic E-state index is 16.3. The van der Waals surface area contributed by atoms with Crippen molar-refractivity contribution >= 4 is 19.2 Å². The number of rotatable bonds is 10. The topological polar surface area (TPSA) is 157 Å². The van der Waals surface area contributed by atoms with Gasteiger partial charge in [0.15, 0.2) is 5.67 Å². The number of fused-ring (bicyclic) bond motifs is 1. The summed E-state index contributed by atoms with van der Waals surface area (Å²) in [5, 5.41) is 27.8. The fourth-order valence-corrected chi connectivity index (χ4v) is 5.92. The second kappa shape index (κ2) is 11.2. The van der Waals surface area contributed by atoms with Crippen LogP contribution in [0.1, 0.15) is 39.1 Å². The van der Waals surface area contributed by atoms with Gasteiger partial charge >= 0.3 is 13.7 Å². The molecule has 1 aliphatic heterocycles. The molecule has 0 amide bonds. The predicted octanol–water partition coefficient (Wildman–Crippen LogP) is 3.38. The first-order valence-electron chi connectivity index (χ1n) is 12.6. The number of hydrogen-bond acceptors (Lipinski definition) is 10. The minimum atomic E-state index is -4.34. The van der Waals surface area contributed by atoms with E-state index in [9.17, 15) is 19.7 Å². The Morgan fingerprint density at radius 2 is 2.00 bits per heavy atom. The smallest absolute Gasteiger partial charge is 0.459 e. The number of aromatic nitrogens is 3. The Labute approximate surface area is 230 Å². The number of hydrogen-bond donors (Lipinski definition) is 2. The predicted molar refractivity (Wildman–Crippen MR) is 140 cm³/mol. The molecule has 0 spiro atoms. The zero-order valence-electron chi connectivity index (χ0n) is 22.6. The molecule has 1 aromatic carbocycles. The number of aryl methyl sites for hydroxylation is 1. The highest BCUT2D eigenvalue weighted by molar-refractivity contribution is 7.52. The second-order valence-electron chi connectivity index (χ2n) is 9.86. The number of aliphatic hydroxyl groups is 1. The van der Waals surface area contributed by atoms with Crippen LogP contribution in [0.25, 0.3) is 5.52 Å². The number of nitriles is 1. The van der Waals surface area contributed by atoms with Crippen molar-refractivity contribution in [1.82, 2.24) is 19.7 Å². The monoisotopic (exact) mass is 575 g/mol. The van der Waals surface area contributed by atoms with Gasteiger partial charge in [-0.05, 0) is 58.9 Å². The molecular formula is C26H31FN5O7P. The highest BCUT2D eigenvalue weighted by atomic mass is 31.2. The Morgan fingerprint density at radius 3 is 2.65 bits per heavy atom. The summed E-state index contributed by atoms with van der Waals surface area (Å²) in [6.45, 7) is 6.84. The Bertz CT molecular complexity index is 1460. The second-order valence-corrected chi connectivity index (χ2v) is 11.6. The van der Waals surface area contributed by atoms with Crippen LogP contribution in [-0.2, 0) is 29.0 Å². The van der Waals surface area contributed by atoms with Gasteiger partial charge in [-0.2, -0.15) is 15.4 Å². The number of para-hydroxylation sites is 1. The molecule has 214 valence electrons. The van der Waals surface area contributed by atoms with Gasteiger partial charge in [0.25, 0.3) is 0 Å². The molecule has 2 N–H and O–H groups in total. The van der Waals surface area contributed by atoms with E-state index in [1.54, 1.807) is 45.0 Å². The van der Waals surface area contributed by atoms with Crippen molar-refractivity contribution in [3.63, 3.8) is 0 Å². The Hall–Kier alpha value is -3.40. The summed E-state index contributed by atoms with van der Waals surface area (Å²) in [7, 11) is -4.34. The normalized spacial score (nSPS) is 26.8. The molecule has 1 unspecified atom stereocenters. The highest BCUT2D eigenvalue weighted by Gasteiger charge is 2.67. The van der Waals surface area contributed by atoms with E-state index in [4.69, 9.17) is 18.5 Å². The van der Waals surface area contributed by atoms with Gasteiger partial charge in [-0.15, -0.1) is 0 Å². The first-order valence-corrected chi connectivity index (χ1v) is 14.1. The van der Waals surface area contributed by atoms with E-state index in [1.165, 1.54) is 36.0 Å². The molecule has 40 heavy (non-hydrogen) atoms. The van der Waals surface area contributed by atoms with Gasteiger partial charge < -0.3 is 19.1 Å². The minimum Gasteiger partial charge on any atom is -0.462 e. The summed E-state index contributed by atoms with van der Waals surface area (Å²) < 4.78 is 53.6. The average molecular weight is 576 g/mol. The third-order valence-corrected chi connectivity index (χ3v) is 8.17. The number of nitrogens with one attached hydrogen (secondary N) is 1. The number of ether oxygens (including phenoxy) is 2. The van der Waals surface area contributed by atoms with Crippen molar-refractivity contribution < 1.29 is 37.4 Å². The van der Waals surface area contributed by atoms with Crippen LogP contribution < -0.4 is 9.61 Å². The van der Waals surface area contributed by atoms with E-state index < -0.39 is 55.9 Å². The SMILES string of the molecule is Cc1ncnn2c([C@]3(C#N)O[C@H](COP(=O)(N[C@@H](C)C(=O)OC(C)C)Oc4ccccc4)[C@@H](O)[C@@]3(C)F)ccc12. The maximum Gasteiger partial charge on any atom is 0.459 e. The zero-order valence-corrected chi connectivity index (χ0v) is 23.5. The Morgan fingerprint density at radius 1 is 1.30 bits per heavy atom. The lowest BCUT2D eigenvalue weighted by Gasteiger charge is -2.30. The molecule has 6 atom stereocenters. The quantitative estimate of drug-likeness (QED) is 0.270. The average Bonchev–Trinajstić information content (AvgIpc) is 3.41. The molecular weight excluding hydrogens is 544 g/mol. The molecule has 12 nitrogen and oxygen atoms in total. The molecule has 3 aromatic rings. The number of aliphatic hydroxyl groups excluding tert-OH is 1. The molecule has 0 saturated carbocycles. The van der Waals surface area contributed by atoms with Crippen LogP contribution in [0.15, 0.2) is 48.8 Å². The molecule has 0 bridgehead atoms. The summed E-state index contributed by atoms with van der Waals surface area (Å²) >= 11 is 0. The van der Waals surface area contributed by atoms with Crippen LogP contribution >= 0.6 is 7.75 Å². The fraction of sp³-hybridized carbons (Fsp3) is 0.462. The number of benzene rings is 1. The van der Waals surface area contributed by atoms with E-state index in [2.05, 4.69) is 15.2 Å². The highest BCUT2D eigenvalue weighted by Crippen LogP contribution is 2.51. The molecule has 3 heterocycles. The number of carbonyl (C=O) groups is 1. The Kier molecular flexibility index (Phi) is 8.31. The third kappa shape index (κ3) is 5.46. The molecule has 14 heteroatoms.